The van der Waals surface area contributed by atoms with Gasteiger partial charge in [0.05, 0.1) is 10.5 Å². The van der Waals surface area contributed by atoms with E-state index in [1.54, 1.807) is 35.2 Å². The number of benzene rings is 3. The number of sulfonamides is 1. The van der Waals surface area contributed by atoms with Crippen LogP contribution in [0.3, 0.4) is 0 Å². The maximum atomic E-state index is 13.4. The fourth-order valence-corrected chi connectivity index (χ4v) is 5.90. The molecule has 0 aromatic heterocycles. The second-order valence-electron chi connectivity index (χ2n) is 7.73. The van der Waals surface area contributed by atoms with Gasteiger partial charge in [-0.15, -0.1) is 0 Å². The number of hydrogen-bond donors (Lipinski definition) is 1. The Balaban J connectivity index is 1.41. The van der Waals surface area contributed by atoms with Gasteiger partial charge in [0.25, 0.3) is 5.91 Å². The number of halogens is 3. The second kappa shape index (κ2) is 7.21. The van der Waals surface area contributed by atoms with Gasteiger partial charge in [0.2, 0.25) is 10.0 Å². The molecule has 1 fully saturated rings. The normalized spacial score (nSPS) is 17.1. The van der Waals surface area contributed by atoms with Gasteiger partial charge in [-0.1, -0.05) is 18.2 Å². The third-order valence-corrected chi connectivity index (χ3v) is 7.85. The van der Waals surface area contributed by atoms with E-state index in [2.05, 4.69) is 5.32 Å². The van der Waals surface area contributed by atoms with Crippen LogP contribution in [0.25, 0.3) is 10.8 Å². The molecule has 0 bridgehead atoms. The van der Waals surface area contributed by atoms with Crippen molar-refractivity contribution in [3.05, 3.63) is 65.7 Å². The lowest BCUT2D eigenvalue weighted by Crippen LogP contribution is -2.48. The van der Waals surface area contributed by atoms with Gasteiger partial charge in [0, 0.05) is 53.9 Å². The Morgan fingerprint density at radius 2 is 1.62 bits per heavy atom. The Morgan fingerprint density at radius 3 is 2.34 bits per heavy atom. The zero-order chi connectivity index (χ0) is 22.7. The van der Waals surface area contributed by atoms with Crippen molar-refractivity contribution in [1.82, 2.24) is 4.31 Å². The van der Waals surface area contributed by atoms with Gasteiger partial charge in [0.15, 0.2) is 0 Å². The predicted molar refractivity (Wildman–Crippen MR) is 114 cm³/mol. The van der Waals surface area contributed by atoms with Crippen molar-refractivity contribution in [3.8, 4) is 0 Å². The first-order valence-corrected chi connectivity index (χ1v) is 11.4. The third kappa shape index (κ3) is 3.30. The third-order valence-electron chi connectivity index (χ3n) is 5.89. The molecule has 5 rings (SSSR count). The molecule has 1 N–H and O–H groups in total. The highest BCUT2D eigenvalue weighted by Gasteiger charge is 2.34. The van der Waals surface area contributed by atoms with Crippen molar-refractivity contribution in [3.63, 3.8) is 0 Å². The van der Waals surface area contributed by atoms with Gasteiger partial charge < -0.3 is 10.2 Å². The van der Waals surface area contributed by atoms with Gasteiger partial charge >= 0.3 is 6.18 Å². The number of rotatable bonds is 3. The molecule has 0 unspecified atom stereocenters. The molecule has 0 atom stereocenters. The van der Waals surface area contributed by atoms with Crippen molar-refractivity contribution in [2.75, 3.05) is 36.4 Å². The van der Waals surface area contributed by atoms with Crippen molar-refractivity contribution < 1.29 is 26.4 Å². The van der Waals surface area contributed by atoms with Crippen LogP contribution >= 0.6 is 0 Å². The summed E-state index contributed by atoms with van der Waals surface area (Å²) in [6.07, 6.45) is -4.44. The molecule has 0 saturated carbocycles. The summed E-state index contributed by atoms with van der Waals surface area (Å²) in [7, 11) is -3.86. The number of amides is 1. The zero-order valence-corrected chi connectivity index (χ0v) is 17.5. The molecule has 2 aliphatic rings. The fourth-order valence-electron chi connectivity index (χ4n) is 4.29. The molecular weight excluding hydrogens is 443 g/mol. The minimum absolute atomic E-state index is 0.113. The Kier molecular flexibility index (Phi) is 4.68. The van der Waals surface area contributed by atoms with Crippen molar-refractivity contribution in [2.24, 2.45) is 0 Å². The summed E-state index contributed by atoms with van der Waals surface area (Å²) in [5, 5.41) is 3.79. The van der Waals surface area contributed by atoms with Gasteiger partial charge in [0.1, 0.15) is 0 Å². The standard InChI is InChI=1S/C22H18F3N3O3S/c23-22(24,25)14-3-1-4-15(13-14)27-9-11-28(12-10-27)32(30,31)19-8-7-18-20-16(19)5-2-6-17(20)21(29)26-18/h1-8,13H,9-12H2,(H,26,29). The number of hydrogen-bond acceptors (Lipinski definition) is 4. The summed E-state index contributed by atoms with van der Waals surface area (Å²) in [6, 6.07) is 13.1. The maximum absolute atomic E-state index is 13.4. The summed E-state index contributed by atoms with van der Waals surface area (Å²) < 4.78 is 67.2. The Bertz CT molecular complexity index is 1350. The van der Waals surface area contributed by atoms with Crippen LogP contribution in [0.4, 0.5) is 24.5 Å². The highest BCUT2D eigenvalue weighted by atomic mass is 32.2. The smallest absolute Gasteiger partial charge is 0.369 e. The molecule has 32 heavy (non-hydrogen) atoms. The monoisotopic (exact) mass is 461 g/mol. The van der Waals surface area contributed by atoms with Crippen LogP contribution in [0.5, 0.6) is 0 Å². The largest absolute Gasteiger partial charge is 0.416 e. The Labute approximate surface area is 182 Å². The van der Waals surface area contributed by atoms with Gasteiger partial charge in [-0.2, -0.15) is 17.5 Å². The predicted octanol–water partition coefficient (Wildman–Crippen LogP) is 3.94. The maximum Gasteiger partial charge on any atom is 0.416 e. The summed E-state index contributed by atoms with van der Waals surface area (Å²) in [5.74, 6) is -0.269. The van der Waals surface area contributed by atoms with E-state index in [0.29, 0.717) is 27.7 Å². The SMILES string of the molecule is O=C1Nc2ccc(S(=O)(=O)N3CCN(c4cccc(C(F)(F)F)c4)CC3)c3cccc1c23. The van der Waals surface area contributed by atoms with Crippen LogP contribution in [0, 0.1) is 0 Å². The van der Waals surface area contributed by atoms with E-state index in [1.165, 1.54) is 16.4 Å². The number of nitrogens with zero attached hydrogens (tertiary/aromatic N) is 2. The van der Waals surface area contributed by atoms with Crippen LogP contribution in [-0.4, -0.2) is 44.8 Å². The molecule has 3 aromatic rings. The van der Waals surface area contributed by atoms with E-state index < -0.39 is 21.8 Å². The average Bonchev–Trinajstić information content (AvgIpc) is 3.10. The lowest BCUT2D eigenvalue weighted by molar-refractivity contribution is -0.137. The van der Waals surface area contributed by atoms with Crippen LogP contribution in [0.2, 0.25) is 0 Å². The first-order chi connectivity index (χ1) is 15.2. The van der Waals surface area contributed by atoms with Gasteiger partial charge in [-0.3, -0.25) is 4.79 Å². The number of alkyl halides is 3. The number of anilines is 2. The number of piperazine rings is 1. The summed E-state index contributed by atoms with van der Waals surface area (Å²) in [5.41, 5.74) is 0.686. The Morgan fingerprint density at radius 1 is 0.906 bits per heavy atom. The molecule has 0 spiro atoms. The second-order valence-corrected chi connectivity index (χ2v) is 9.64. The van der Waals surface area contributed by atoms with E-state index in [0.717, 1.165) is 12.1 Å². The van der Waals surface area contributed by atoms with Gasteiger partial charge in [-0.05, 0) is 36.4 Å². The van der Waals surface area contributed by atoms with Crippen LogP contribution in [0.15, 0.2) is 59.5 Å². The van der Waals surface area contributed by atoms with Crippen molar-refractivity contribution >= 4 is 38.1 Å². The van der Waals surface area contributed by atoms with Crippen LogP contribution < -0.4 is 10.2 Å². The van der Waals surface area contributed by atoms with E-state index in [4.69, 9.17) is 0 Å². The lowest BCUT2D eigenvalue weighted by Gasteiger charge is -2.35. The molecule has 6 nitrogen and oxygen atoms in total. The van der Waals surface area contributed by atoms with Crippen LogP contribution in [-0.2, 0) is 16.2 Å². The molecule has 166 valence electrons. The summed E-state index contributed by atoms with van der Waals surface area (Å²) in [4.78, 5) is 14.0. The molecule has 0 radical (unpaired) electrons. The average molecular weight is 461 g/mol. The highest BCUT2D eigenvalue weighted by molar-refractivity contribution is 7.89. The summed E-state index contributed by atoms with van der Waals surface area (Å²) in [6.45, 7) is 0.807. The minimum atomic E-state index is -4.44. The number of carbonyl (C=O) groups is 1. The lowest BCUT2D eigenvalue weighted by atomic mass is 10.1. The van der Waals surface area contributed by atoms with E-state index in [9.17, 15) is 26.4 Å². The molecular formula is C22H18F3N3O3S. The first kappa shape index (κ1) is 20.8. The number of carbonyl (C=O) groups excluding carboxylic acids is 1. The molecule has 10 heteroatoms. The van der Waals surface area contributed by atoms with Crippen molar-refractivity contribution in [2.45, 2.75) is 11.1 Å². The van der Waals surface area contributed by atoms with Crippen LogP contribution in [0.1, 0.15) is 15.9 Å². The zero-order valence-electron chi connectivity index (χ0n) is 16.7. The van der Waals surface area contributed by atoms with Crippen molar-refractivity contribution in [1.29, 1.82) is 0 Å². The molecule has 2 heterocycles. The molecule has 0 aliphatic carbocycles. The van der Waals surface area contributed by atoms with E-state index in [1.807, 2.05) is 0 Å². The molecule has 2 aliphatic heterocycles. The topological polar surface area (TPSA) is 69.7 Å². The Hall–Kier alpha value is -3.11. The fraction of sp³-hybridized carbons (Fsp3) is 0.227. The van der Waals surface area contributed by atoms with E-state index in [-0.39, 0.29) is 37.0 Å². The van der Waals surface area contributed by atoms with E-state index >= 15 is 0 Å². The quantitative estimate of drug-likeness (QED) is 0.642. The molecule has 1 saturated heterocycles. The molecule has 3 aromatic carbocycles. The summed E-state index contributed by atoms with van der Waals surface area (Å²) >= 11 is 0. The minimum Gasteiger partial charge on any atom is -0.369 e. The highest BCUT2D eigenvalue weighted by Crippen LogP contribution is 2.38. The number of nitrogens with one attached hydrogen (secondary N) is 1. The molecule has 1 amide bonds. The van der Waals surface area contributed by atoms with Gasteiger partial charge in [-0.25, -0.2) is 8.42 Å². The first-order valence-electron chi connectivity index (χ1n) is 9.96.